The average Bonchev–Trinajstić information content (AvgIpc) is 2.83. The van der Waals surface area contributed by atoms with E-state index in [0.717, 1.165) is 19.0 Å². The van der Waals surface area contributed by atoms with Crippen molar-refractivity contribution in [3.05, 3.63) is 18.5 Å². The first kappa shape index (κ1) is 11.6. The van der Waals surface area contributed by atoms with Crippen LogP contribution in [0.15, 0.2) is 18.5 Å². The molecular formula is C13H23N3. The molecule has 2 rings (SSSR count). The van der Waals surface area contributed by atoms with Gasteiger partial charge in [-0.1, -0.05) is 19.3 Å². The summed E-state index contributed by atoms with van der Waals surface area (Å²) in [5, 5.41) is 7.83. The molecule has 1 heterocycles. The Morgan fingerprint density at radius 2 is 2.19 bits per heavy atom. The Kier molecular flexibility index (Phi) is 4.40. The van der Waals surface area contributed by atoms with Crippen LogP contribution in [0.25, 0.3) is 0 Å². The van der Waals surface area contributed by atoms with E-state index in [1.54, 1.807) is 0 Å². The first-order chi connectivity index (χ1) is 7.86. The third kappa shape index (κ3) is 3.34. The average molecular weight is 221 g/mol. The molecular weight excluding hydrogens is 198 g/mol. The normalized spacial score (nSPS) is 19.8. The molecule has 0 aliphatic heterocycles. The van der Waals surface area contributed by atoms with E-state index in [-0.39, 0.29) is 0 Å². The second-order valence-electron chi connectivity index (χ2n) is 4.91. The van der Waals surface area contributed by atoms with Crippen LogP contribution in [0, 0.1) is 5.92 Å². The molecule has 3 heteroatoms. The van der Waals surface area contributed by atoms with Crippen molar-refractivity contribution in [3.8, 4) is 0 Å². The van der Waals surface area contributed by atoms with Gasteiger partial charge in [-0.05, 0) is 31.7 Å². The van der Waals surface area contributed by atoms with Gasteiger partial charge in [0.15, 0.2) is 0 Å². The molecule has 0 spiro atoms. The summed E-state index contributed by atoms with van der Waals surface area (Å²) in [4.78, 5) is 0. The minimum atomic E-state index is 0.663. The lowest BCUT2D eigenvalue weighted by molar-refractivity contribution is 0.279. The minimum absolute atomic E-state index is 0.663. The molecule has 1 aliphatic carbocycles. The molecule has 1 atom stereocenters. The van der Waals surface area contributed by atoms with Crippen molar-refractivity contribution in [2.75, 3.05) is 6.54 Å². The van der Waals surface area contributed by atoms with E-state index in [1.807, 2.05) is 23.1 Å². The van der Waals surface area contributed by atoms with Gasteiger partial charge in [-0.2, -0.15) is 5.10 Å². The molecule has 1 aliphatic rings. The van der Waals surface area contributed by atoms with Gasteiger partial charge in [0.25, 0.3) is 0 Å². The van der Waals surface area contributed by atoms with Crippen LogP contribution in [-0.4, -0.2) is 22.4 Å². The van der Waals surface area contributed by atoms with Gasteiger partial charge < -0.3 is 5.32 Å². The van der Waals surface area contributed by atoms with Crippen LogP contribution >= 0.6 is 0 Å². The maximum atomic E-state index is 4.20. The number of aromatic nitrogens is 2. The summed E-state index contributed by atoms with van der Waals surface area (Å²) < 4.78 is 1.99. The Labute approximate surface area is 98.2 Å². The first-order valence-electron chi connectivity index (χ1n) is 6.57. The maximum Gasteiger partial charge on any atom is 0.0534 e. The van der Waals surface area contributed by atoms with E-state index in [2.05, 4.69) is 17.3 Å². The second kappa shape index (κ2) is 6.04. The molecule has 0 bridgehead atoms. The van der Waals surface area contributed by atoms with Crippen LogP contribution in [0.2, 0.25) is 0 Å². The molecule has 0 aromatic carbocycles. The molecule has 0 amide bonds. The van der Waals surface area contributed by atoms with E-state index in [1.165, 1.54) is 32.1 Å². The lowest BCUT2D eigenvalue weighted by Crippen LogP contribution is -2.36. The van der Waals surface area contributed by atoms with Gasteiger partial charge in [-0.3, -0.25) is 4.68 Å². The zero-order valence-corrected chi connectivity index (χ0v) is 10.2. The van der Waals surface area contributed by atoms with Crippen LogP contribution in [0.1, 0.15) is 39.0 Å². The van der Waals surface area contributed by atoms with Gasteiger partial charge >= 0.3 is 0 Å². The molecule has 1 fully saturated rings. The molecule has 90 valence electrons. The quantitative estimate of drug-likeness (QED) is 0.827. The van der Waals surface area contributed by atoms with E-state index in [4.69, 9.17) is 0 Å². The van der Waals surface area contributed by atoms with Gasteiger partial charge in [-0.15, -0.1) is 0 Å². The maximum absolute atomic E-state index is 4.20. The predicted octanol–water partition coefficient (Wildman–Crippen LogP) is 2.44. The van der Waals surface area contributed by atoms with Crippen molar-refractivity contribution in [2.45, 2.75) is 51.6 Å². The fraction of sp³-hybridized carbons (Fsp3) is 0.769. The molecule has 16 heavy (non-hydrogen) atoms. The Morgan fingerprint density at radius 1 is 1.38 bits per heavy atom. The number of rotatable bonds is 5. The van der Waals surface area contributed by atoms with E-state index in [9.17, 15) is 0 Å². The fourth-order valence-corrected chi connectivity index (χ4v) is 2.64. The molecule has 0 saturated heterocycles. The predicted molar refractivity (Wildman–Crippen MR) is 66.3 cm³/mol. The Balaban J connectivity index is 1.65. The van der Waals surface area contributed by atoms with Crippen LogP contribution in [0.5, 0.6) is 0 Å². The molecule has 1 N–H and O–H groups in total. The monoisotopic (exact) mass is 221 g/mol. The van der Waals surface area contributed by atoms with Crippen LogP contribution in [0.3, 0.4) is 0 Å². The fourth-order valence-electron chi connectivity index (χ4n) is 2.64. The van der Waals surface area contributed by atoms with Crippen LogP contribution < -0.4 is 5.32 Å². The van der Waals surface area contributed by atoms with Crippen molar-refractivity contribution in [3.63, 3.8) is 0 Å². The third-order valence-corrected chi connectivity index (χ3v) is 3.72. The number of nitrogens with zero attached hydrogens (tertiary/aromatic N) is 2. The summed E-state index contributed by atoms with van der Waals surface area (Å²) in [6.45, 7) is 4.34. The van der Waals surface area contributed by atoms with E-state index in [0.29, 0.717) is 6.04 Å². The summed E-state index contributed by atoms with van der Waals surface area (Å²) in [5.41, 5.74) is 0. The van der Waals surface area contributed by atoms with Crippen molar-refractivity contribution in [2.24, 2.45) is 5.92 Å². The summed E-state index contributed by atoms with van der Waals surface area (Å²) in [7, 11) is 0. The topological polar surface area (TPSA) is 29.9 Å². The van der Waals surface area contributed by atoms with Gasteiger partial charge in [0.1, 0.15) is 0 Å². The molecule has 0 radical (unpaired) electrons. The number of hydrogen-bond donors (Lipinski definition) is 1. The Bertz CT molecular complexity index is 275. The van der Waals surface area contributed by atoms with E-state index >= 15 is 0 Å². The second-order valence-corrected chi connectivity index (χ2v) is 4.91. The zero-order valence-electron chi connectivity index (χ0n) is 10.2. The van der Waals surface area contributed by atoms with Gasteiger partial charge in [0, 0.05) is 25.0 Å². The highest BCUT2D eigenvalue weighted by molar-refractivity contribution is 4.79. The minimum Gasteiger partial charge on any atom is -0.312 e. The molecule has 1 saturated carbocycles. The van der Waals surface area contributed by atoms with Gasteiger partial charge in [0.2, 0.25) is 0 Å². The lowest BCUT2D eigenvalue weighted by Gasteiger charge is -2.28. The molecule has 1 aromatic heterocycles. The SMILES string of the molecule is CC(NCCn1cccn1)C1CCCCC1. The first-order valence-corrected chi connectivity index (χ1v) is 6.57. The van der Waals surface area contributed by atoms with Crippen LogP contribution in [0.4, 0.5) is 0 Å². The number of nitrogens with one attached hydrogen (secondary N) is 1. The summed E-state index contributed by atoms with van der Waals surface area (Å²) in [6, 6.07) is 2.64. The molecule has 3 nitrogen and oxygen atoms in total. The standard InChI is InChI=1S/C13H23N3/c1-12(13-6-3-2-4-7-13)14-9-11-16-10-5-8-15-16/h5,8,10,12-14H,2-4,6-7,9,11H2,1H3. The van der Waals surface area contributed by atoms with Gasteiger partial charge in [0.05, 0.1) is 6.54 Å². The van der Waals surface area contributed by atoms with Gasteiger partial charge in [-0.25, -0.2) is 0 Å². The molecule has 1 unspecified atom stereocenters. The highest BCUT2D eigenvalue weighted by Gasteiger charge is 2.19. The third-order valence-electron chi connectivity index (χ3n) is 3.72. The molecule has 1 aromatic rings. The smallest absolute Gasteiger partial charge is 0.0534 e. The Hall–Kier alpha value is -0.830. The zero-order chi connectivity index (χ0) is 11.2. The highest BCUT2D eigenvalue weighted by Crippen LogP contribution is 2.26. The van der Waals surface area contributed by atoms with Crippen LogP contribution in [-0.2, 0) is 6.54 Å². The largest absolute Gasteiger partial charge is 0.312 e. The van der Waals surface area contributed by atoms with Crippen molar-refractivity contribution in [1.29, 1.82) is 0 Å². The Morgan fingerprint density at radius 3 is 2.88 bits per heavy atom. The van der Waals surface area contributed by atoms with Crippen molar-refractivity contribution >= 4 is 0 Å². The summed E-state index contributed by atoms with van der Waals surface area (Å²) >= 11 is 0. The number of hydrogen-bond acceptors (Lipinski definition) is 2. The van der Waals surface area contributed by atoms with E-state index < -0.39 is 0 Å². The highest BCUT2D eigenvalue weighted by atomic mass is 15.3. The lowest BCUT2D eigenvalue weighted by atomic mass is 9.84. The summed E-state index contributed by atoms with van der Waals surface area (Å²) in [6.07, 6.45) is 11.0. The summed E-state index contributed by atoms with van der Waals surface area (Å²) in [5.74, 6) is 0.895. The van der Waals surface area contributed by atoms with Crippen molar-refractivity contribution in [1.82, 2.24) is 15.1 Å². The van der Waals surface area contributed by atoms with Crippen molar-refractivity contribution < 1.29 is 0 Å².